The maximum Gasteiger partial charge on any atom is 0.253 e. The molecule has 0 aliphatic heterocycles. The highest BCUT2D eigenvalue weighted by Crippen LogP contribution is 2.22. The Morgan fingerprint density at radius 2 is 1.83 bits per heavy atom. The Morgan fingerprint density at radius 1 is 1.14 bits per heavy atom. The third-order valence-corrected chi connectivity index (χ3v) is 6.50. The lowest BCUT2D eigenvalue weighted by atomic mass is 10.1. The normalized spacial score (nSPS) is 11.6. The van der Waals surface area contributed by atoms with Crippen LogP contribution in [0.15, 0.2) is 66.1 Å². The first-order valence-corrected chi connectivity index (χ1v) is 10.6. The number of amides is 1. The molecule has 0 atom stereocenters. The molecular formula is C20H21ClN4O3S. The number of aromatic nitrogens is 2. The number of carbonyl (C=O) groups is 1. The lowest BCUT2D eigenvalue weighted by molar-refractivity contribution is 0.0951. The summed E-state index contributed by atoms with van der Waals surface area (Å²) in [5.41, 5.74) is 2.15. The molecule has 0 spiro atoms. The van der Waals surface area contributed by atoms with Gasteiger partial charge in [0.15, 0.2) is 0 Å². The number of nitrogens with one attached hydrogen (secondary N) is 1. The summed E-state index contributed by atoms with van der Waals surface area (Å²) in [5.74, 6) is -0.437. The van der Waals surface area contributed by atoms with Gasteiger partial charge in [-0.2, -0.15) is 0 Å². The fourth-order valence-electron chi connectivity index (χ4n) is 2.68. The molecule has 152 valence electrons. The van der Waals surface area contributed by atoms with Crippen LogP contribution in [0.5, 0.6) is 0 Å². The number of halogens is 1. The number of rotatable bonds is 7. The molecule has 0 aliphatic rings. The highest BCUT2D eigenvalue weighted by atomic mass is 35.5. The molecule has 0 bridgehead atoms. The van der Waals surface area contributed by atoms with Crippen LogP contribution in [0, 0.1) is 0 Å². The second-order valence-corrected chi connectivity index (χ2v) is 9.22. The SMILES string of the molecule is CN(C)S(=O)(=O)c1ccc(Cl)c(C(=O)NCc2ccc(Cn3ccnc3)cc2)c1. The molecule has 1 aromatic heterocycles. The van der Waals surface area contributed by atoms with Crippen molar-refractivity contribution in [2.24, 2.45) is 0 Å². The summed E-state index contributed by atoms with van der Waals surface area (Å²) >= 11 is 6.11. The molecule has 0 aliphatic carbocycles. The van der Waals surface area contributed by atoms with Crippen LogP contribution in [0.2, 0.25) is 5.02 Å². The van der Waals surface area contributed by atoms with E-state index in [9.17, 15) is 13.2 Å². The van der Waals surface area contributed by atoms with Crippen molar-refractivity contribution in [3.8, 4) is 0 Å². The van der Waals surface area contributed by atoms with Gasteiger partial charge in [0.1, 0.15) is 0 Å². The standard InChI is InChI=1S/C20H21ClN4O3S/c1-24(2)29(27,28)17-7-8-19(21)18(11-17)20(26)23-12-15-3-5-16(6-4-15)13-25-10-9-22-14-25/h3-11,14H,12-13H2,1-2H3,(H,23,26). The molecule has 1 N–H and O–H groups in total. The Labute approximate surface area is 175 Å². The summed E-state index contributed by atoms with van der Waals surface area (Å²) in [6.07, 6.45) is 5.37. The summed E-state index contributed by atoms with van der Waals surface area (Å²) in [6.45, 7) is 1.01. The molecule has 3 aromatic rings. The minimum absolute atomic E-state index is 0.0147. The van der Waals surface area contributed by atoms with Gasteiger partial charge in [-0.05, 0) is 29.3 Å². The van der Waals surface area contributed by atoms with E-state index in [1.54, 1.807) is 12.5 Å². The van der Waals surface area contributed by atoms with Crippen molar-refractivity contribution < 1.29 is 13.2 Å². The summed E-state index contributed by atoms with van der Waals surface area (Å²) in [7, 11) is -0.793. The second kappa shape index (κ2) is 8.77. The molecule has 7 nitrogen and oxygen atoms in total. The van der Waals surface area contributed by atoms with E-state index in [1.807, 2.05) is 35.0 Å². The lowest BCUT2D eigenvalue weighted by Gasteiger charge is -2.13. The van der Waals surface area contributed by atoms with Crippen LogP contribution in [0.25, 0.3) is 0 Å². The van der Waals surface area contributed by atoms with Crippen molar-refractivity contribution in [2.45, 2.75) is 18.0 Å². The molecule has 9 heteroatoms. The largest absolute Gasteiger partial charge is 0.348 e. The topological polar surface area (TPSA) is 84.3 Å². The average Bonchev–Trinajstić information content (AvgIpc) is 3.20. The number of benzene rings is 2. The molecule has 3 rings (SSSR count). The van der Waals surface area contributed by atoms with E-state index in [2.05, 4.69) is 10.3 Å². The third-order valence-electron chi connectivity index (χ3n) is 4.36. The van der Waals surface area contributed by atoms with Gasteiger partial charge in [-0.15, -0.1) is 0 Å². The predicted octanol–water partition coefficient (Wildman–Crippen LogP) is 2.77. The molecule has 2 aromatic carbocycles. The first-order chi connectivity index (χ1) is 13.8. The fourth-order valence-corrected chi connectivity index (χ4v) is 3.81. The second-order valence-electron chi connectivity index (χ2n) is 6.66. The highest BCUT2D eigenvalue weighted by molar-refractivity contribution is 7.89. The summed E-state index contributed by atoms with van der Waals surface area (Å²) in [5, 5.41) is 2.97. The van der Waals surface area contributed by atoms with Crippen LogP contribution in [-0.2, 0) is 23.1 Å². The third kappa shape index (κ3) is 5.03. The van der Waals surface area contributed by atoms with Crippen LogP contribution >= 0.6 is 11.6 Å². The van der Waals surface area contributed by atoms with Crippen molar-refractivity contribution in [1.29, 1.82) is 0 Å². The monoisotopic (exact) mass is 432 g/mol. The van der Waals surface area contributed by atoms with Gasteiger partial charge in [0, 0.05) is 39.6 Å². The summed E-state index contributed by atoms with van der Waals surface area (Å²) in [6, 6.07) is 11.9. The summed E-state index contributed by atoms with van der Waals surface area (Å²) in [4.78, 5) is 16.6. The van der Waals surface area contributed by atoms with Crippen LogP contribution in [-0.4, -0.2) is 42.3 Å². The van der Waals surface area contributed by atoms with E-state index in [1.165, 1.54) is 32.3 Å². The number of nitrogens with zero attached hydrogens (tertiary/aromatic N) is 3. The maximum atomic E-state index is 12.6. The van der Waals surface area contributed by atoms with E-state index in [0.717, 1.165) is 22.0 Å². The van der Waals surface area contributed by atoms with Gasteiger partial charge in [-0.1, -0.05) is 35.9 Å². The van der Waals surface area contributed by atoms with Gasteiger partial charge in [-0.3, -0.25) is 4.79 Å². The van der Waals surface area contributed by atoms with Crippen molar-refractivity contribution in [2.75, 3.05) is 14.1 Å². The Hall–Kier alpha value is -2.68. The maximum absolute atomic E-state index is 12.6. The average molecular weight is 433 g/mol. The fraction of sp³-hybridized carbons (Fsp3) is 0.200. The zero-order chi connectivity index (χ0) is 21.0. The zero-order valence-electron chi connectivity index (χ0n) is 16.0. The minimum Gasteiger partial charge on any atom is -0.348 e. The molecule has 1 heterocycles. The Kier molecular flexibility index (Phi) is 6.36. The quantitative estimate of drug-likeness (QED) is 0.622. The Balaban J connectivity index is 1.67. The number of carbonyl (C=O) groups excluding carboxylic acids is 1. The Bertz CT molecular complexity index is 1100. The number of sulfonamides is 1. The first-order valence-electron chi connectivity index (χ1n) is 8.81. The van der Waals surface area contributed by atoms with Gasteiger partial charge >= 0.3 is 0 Å². The zero-order valence-corrected chi connectivity index (χ0v) is 17.6. The van der Waals surface area contributed by atoms with Gasteiger partial charge in [0.2, 0.25) is 10.0 Å². The van der Waals surface area contributed by atoms with Crippen molar-refractivity contribution in [3.63, 3.8) is 0 Å². The number of hydrogen-bond donors (Lipinski definition) is 1. The molecule has 29 heavy (non-hydrogen) atoms. The molecule has 0 unspecified atom stereocenters. The van der Waals surface area contributed by atoms with E-state index in [4.69, 9.17) is 11.6 Å². The molecule has 0 saturated carbocycles. The van der Waals surface area contributed by atoms with E-state index in [-0.39, 0.29) is 15.5 Å². The van der Waals surface area contributed by atoms with Crippen molar-refractivity contribution in [1.82, 2.24) is 19.2 Å². The highest BCUT2D eigenvalue weighted by Gasteiger charge is 2.20. The van der Waals surface area contributed by atoms with Crippen LogP contribution in [0.1, 0.15) is 21.5 Å². The molecule has 0 fully saturated rings. The van der Waals surface area contributed by atoms with Gasteiger partial charge < -0.3 is 9.88 Å². The molecule has 0 saturated heterocycles. The number of imidazole rings is 1. The summed E-state index contributed by atoms with van der Waals surface area (Å²) < 4.78 is 27.6. The molecule has 1 amide bonds. The van der Waals surface area contributed by atoms with Gasteiger partial charge in [-0.25, -0.2) is 17.7 Å². The van der Waals surface area contributed by atoms with Crippen molar-refractivity contribution >= 4 is 27.5 Å². The van der Waals surface area contributed by atoms with Crippen LogP contribution in [0.3, 0.4) is 0 Å². The van der Waals surface area contributed by atoms with Crippen LogP contribution in [0.4, 0.5) is 0 Å². The Morgan fingerprint density at radius 3 is 2.45 bits per heavy atom. The minimum atomic E-state index is -3.65. The van der Waals surface area contributed by atoms with Gasteiger partial charge in [0.05, 0.1) is 21.8 Å². The molecule has 0 radical (unpaired) electrons. The first kappa shape index (κ1) is 21.0. The smallest absolute Gasteiger partial charge is 0.253 e. The van der Waals surface area contributed by atoms with Gasteiger partial charge in [0.25, 0.3) is 5.91 Å². The number of hydrogen-bond acceptors (Lipinski definition) is 4. The molecular weight excluding hydrogens is 412 g/mol. The van der Waals surface area contributed by atoms with E-state index in [0.29, 0.717) is 6.54 Å². The lowest BCUT2D eigenvalue weighted by Crippen LogP contribution is -2.25. The van der Waals surface area contributed by atoms with E-state index < -0.39 is 15.9 Å². The van der Waals surface area contributed by atoms with E-state index >= 15 is 0 Å². The van der Waals surface area contributed by atoms with Crippen molar-refractivity contribution in [3.05, 3.63) is 82.9 Å². The predicted molar refractivity (Wildman–Crippen MR) is 111 cm³/mol. The van der Waals surface area contributed by atoms with Crippen LogP contribution < -0.4 is 5.32 Å².